The summed E-state index contributed by atoms with van der Waals surface area (Å²) in [5.41, 5.74) is 1.85. The van der Waals surface area contributed by atoms with Gasteiger partial charge in [0.25, 0.3) is 0 Å². The van der Waals surface area contributed by atoms with Gasteiger partial charge < -0.3 is 15.0 Å². The number of ether oxygens (including phenoxy) is 1. The lowest BCUT2D eigenvalue weighted by atomic mass is 10.0. The summed E-state index contributed by atoms with van der Waals surface area (Å²) in [6, 6.07) is 16.7. The number of amides is 1. The molecule has 0 saturated carbocycles. The molecule has 1 saturated heterocycles. The molecule has 2 unspecified atom stereocenters. The SMILES string of the molecule is COc1ccccc1C1CNCCN1C(=O)C(C)n1nnc(-c2ccccc2)n1.Cl. The second kappa shape index (κ2) is 9.69. The molecule has 0 spiro atoms. The summed E-state index contributed by atoms with van der Waals surface area (Å²) >= 11 is 0. The maximum Gasteiger partial charge on any atom is 0.249 e. The van der Waals surface area contributed by atoms with E-state index in [-0.39, 0.29) is 24.4 Å². The van der Waals surface area contributed by atoms with Gasteiger partial charge in [-0.2, -0.15) is 4.80 Å². The van der Waals surface area contributed by atoms with Gasteiger partial charge in [0.15, 0.2) is 0 Å². The summed E-state index contributed by atoms with van der Waals surface area (Å²) in [5.74, 6) is 1.24. The molecule has 2 heterocycles. The highest BCUT2D eigenvalue weighted by Gasteiger charge is 2.33. The molecule has 9 heteroatoms. The molecule has 2 atom stereocenters. The standard InChI is InChI=1S/C21H24N6O2.ClH/c1-15(27-24-20(23-25-27)16-8-4-3-5-9-16)21(28)26-13-12-22-14-18(26)17-10-6-7-11-19(17)29-2;/h3-11,15,18,22H,12-14H2,1-2H3;1H. The third-order valence-corrected chi connectivity index (χ3v) is 5.19. The third kappa shape index (κ3) is 4.29. The Morgan fingerprint density at radius 1 is 1.17 bits per heavy atom. The Balaban J connectivity index is 0.00000256. The van der Waals surface area contributed by atoms with E-state index in [4.69, 9.17) is 4.74 Å². The van der Waals surface area contributed by atoms with Crippen molar-refractivity contribution in [3.8, 4) is 17.1 Å². The number of hydrogen-bond donors (Lipinski definition) is 1. The van der Waals surface area contributed by atoms with Gasteiger partial charge in [-0.05, 0) is 18.2 Å². The summed E-state index contributed by atoms with van der Waals surface area (Å²) in [7, 11) is 1.65. The van der Waals surface area contributed by atoms with Gasteiger partial charge >= 0.3 is 0 Å². The molecule has 1 aromatic heterocycles. The molecule has 0 radical (unpaired) electrons. The Bertz CT molecular complexity index is 980. The molecule has 2 aromatic carbocycles. The molecule has 1 aliphatic rings. The zero-order chi connectivity index (χ0) is 20.2. The molecule has 8 nitrogen and oxygen atoms in total. The van der Waals surface area contributed by atoms with Crippen LogP contribution in [-0.2, 0) is 4.79 Å². The first-order valence-electron chi connectivity index (χ1n) is 9.68. The minimum Gasteiger partial charge on any atom is -0.496 e. The molecule has 1 fully saturated rings. The highest BCUT2D eigenvalue weighted by atomic mass is 35.5. The van der Waals surface area contributed by atoms with E-state index in [9.17, 15) is 4.79 Å². The maximum atomic E-state index is 13.4. The fraction of sp³-hybridized carbons (Fsp3) is 0.333. The van der Waals surface area contributed by atoms with Crippen LogP contribution < -0.4 is 10.1 Å². The van der Waals surface area contributed by atoms with Crippen LogP contribution >= 0.6 is 12.4 Å². The van der Waals surface area contributed by atoms with E-state index in [1.54, 1.807) is 14.0 Å². The van der Waals surface area contributed by atoms with Crippen molar-refractivity contribution >= 4 is 18.3 Å². The number of nitrogens with one attached hydrogen (secondary N) is 1. The summed E-state index contributed by atoms with van der Waals surface area (Å²) < 4.78 is 5.52. The lowest BCUT2D eigenvalue weighted by molar-refractivity contribution is -0.138. The number of rotatable bonds is 5. The van der Waals surface area contributed by atoms with E-state index in [1.165, 1.54) is 4.80 Å². The van der Waals surface area contributed by atoms with Gasteiger partial charge in [0, 0.05) is 30.8 Å². The van der Waals surface area contributed by atoms with Crippen LogP contribution in [0, 0.1) is 0 Å². The Kier molecular flexibility index (Phi) is 7.02. The van der Waals surface area contributed by atoms with E-state index in [1.807, 2.05) is 59.5 Å². The van der Waals surface area contributed by atoms with Gasteiger partial charge in [-0.15, -0.1) is 22.6 Å². The van der Waals surface area contributed by atoms with Crippen molar-refractivity contribution in [1.82, 2.24) is 30.4 Å². The Labute approximate surface area is 181 Å². The van der Waals surface area contributed by atoms with Crippen molar-refractivity contribution in [3.05, 3.63) is 60.2 Å². The normalized spacial score (nSPS) is 17.1. The topological polar surface area (TPSA) is 85.2 Å². The number of carbonyl (C=O) groups excluding carboxylic acids is 1. The summed E-state index contributed by atoms with van der Waals surface area (Å²) in [4.78, 5) is 16.6. The van der Waals surface area contributed by atoms with Gasteiger partial charge in [-0.1, -0.05) is 48.5 Å². The zero-order valence-electron chi connectivity index (χ0n) is 16.9. The first kappa shape index (κ1) is 21.7. The molecule has 158 valence electrons. The van der Waals surface area contributed by atoms with E-state index in [0.29, 0.717) is 18.9 Å². The van der Waals surface area contributed by atoms with Crippen LogP contribution in [0.25, 0.3) is 11.4 Å². The number of para-hydroxylation sites is 1. The molecular weight excluding hydrogens is 404 g/mol. The quantitative estimate of drug-likeness (QED) is 0.672. The molecule has 3 aromatic rings. The van der Waals surface area contributed by atoms with Gasteiger partial charge in [0.05, 0.1) is 13.2 Å². The Morgan fingerprint density at radius 2 is 1.90 bits per heavy atom. The second-order valence-corrected chi connectivity index (χ2v) is 6.97. The summed E-state index contributed by atoms with van der Waals surface area (Å²) in [5, 5.41) is 16.1. The second-order valence-electron chi connectivity index (χ2n) is 6.97. The number of benzene rings is 2. The summed E-state index contributed by atoms with van der Waals surface area (Å²) in [6.07, 6.45) is 0. The van der Waals surface area contributed by atoms with Crippen molar-refractivity contribution in [2.45, 2.75) is 19.0 Å². The zero-order valence-corrected chi connectivity index (χ0v) is 17.7. The first-order valence-corrected chi connectivity index (χ1v) is 9.68. The first-order chi connectivity index (χ1) is 14.2. The average molecular weight is 429 g/mol. The molecular formula is C21H25ClN6O2. The average Bonchev–Trinajstić information content (AvgIpc) is 3.29. The van der Waals surface area contributed by atoms with E-state index in [2.05, 4.69) is 20.7 Å². The van der Waals surface area contributed by atoms with Crippen LogP contribution in [0.2, 0.25) is 0 Å². The molecule has 1 amide bonds. The highest BCUT2D eigenvalue weighted by molar-refractivity contribution is 5.85. The number of hydrogen-bond acceptors (Lipinski definition) is 6. The van der Waals surface area contributed by atoms with Crippen molar-refractivity contribution in [3.63, 3.8) is 0 Å². The lowest BCUT2D eigenvalue weighted by Crippen LogP contribution is -2.50. The minimum atomic E-state index is -0.560. The third-order valence-electron chi connectivity index (χ3n) is 5.19. The number of aromatic nitrogens is 4. The Morgan fingerprint density at radius 3 is 2.67 bits per heavy atom. The molecule has 1 N–H and O–H groups in total. The largest absolute Gasteiger partial charge is 0.496 e. The monoisotopic (exact) mass is 428 g/mol. The molecule has 30 heavy (non-hydrogen) atoms. The van der Waals surface area contributed by atoms with Crippen molar-refractivity contribution in [1.29, 1.82) is 0 Å². The van der Waals surface area contributed by atoms with Crippen LogP contribution in [-0.4, -0.2) is 57.8 Å². The Hall–Kier alpha value is -2.97. The number of carbonyl (C=O) groups is 1. The highest BCUT2D eigenvalue weighted by Crippen LogP contribution is 2.31. The van der Waals surface area contributed by atoms with Crippen LogP contribution in [0.1, 0.15) is 24.6 Å². The van der Waals surface area contributed by atoms with Crippen LogP contribution in [0.5, 0.6) is 5.75 Å². The van der Waals surface area contributed by atoms with Gasteiger partial charge in [-0.3, -0.25) is 4.79 Å². The number of methoxy groups -OCH3 is 1. The fourth-order valence-corrected chi connectivity index (χ4v) is 3.62. The van der Waals surface area contributed by atoms with Gasteiger partial charge in [0.1, 0.15) is 11.8 Å². The molecule has 0 aliphatic carbocycles. The molecule has 0 bridgehead atoms. The van der Waals surface area contributed by atoms with Gasteiger partial charge in [0.2, 0.25) is 11.7 Å². The molecule has 4 rings (SSSR count). The predicted molar refractivity (Wildman–Crippen MR) is 116 cm³/mol. The van der Waals surface area contributed by atoms with E-state index < -0.39 is 6.04 Å². The smallest absolute Gasteiger partial charge is 0.249 e. The van der Waals surface area contributed by atoms with Crippen LogP contribution in [0.3, 0.4) is 0 Å². The fourth-order valence-electron chi connectivity index (χ4n) is 3.62. The van der Waals surface area contributed by atoms with Crippen LogP contribution in [0.15, 0.2) is 54.6 Å². The number of piperazine rings is 1. The maximum absolute atomic E-state index is 13.4. The van der Waals surface area contributed by atoms with Crippen molar-refractivity contribution in [2.75, 3.05) is 26.7 Å². The van der Waals surface area contributed by atoms with Crippen LogP contribution in [0.4, 0.5) is 0 Å². The van der Waals surface area contributed by atoms with Gasteiger partial charge in [-0.25, -0.2) is 0 Å². The lowest BCUT2D eigenvalue weighted by Gasteiger charge is -2.38. The summed E-state index contributed by atoms with van der Waals surface area (Å²) in [6.45, 7) is 3.81. The molecule has 1 aliphatic heterocycles. The van der Waals surface area contributed by atoms with Crippen molar-refractivity contribution in [2.24, 2.45) is 0 Å². The van der Waals surface area contributed by atoms with E-state index in [0.717, 1.165) is 23.4 Å². The number of tetrazole rings is 1. The van der Waals surface area contributed by atoms with Crippen molar-refractivity contribution < 1.29 is 9.53 Å². The predicted octanol–water partition coefficient (Wildman–Crippen LogP) is 2.50. The number of nitrogens with zero attached hydrogens (tertiary/aromatic N) is 5. The minimum absolute atomic E-state index is 0. The number of halogens is 1. The van der Waals surface area contributed by atoms with E-state index >= 15 is 0 Å².